The summed E-state index contributed by atoms with van der Waals surface area (Å²) in [6.07, 6.45) is 2.92. The Hall–Kier alpha value is -1.93. The van der Waals surface area contributed by atoms with Gasteiger partial charge in [0.2, 0.25) is 5.88 Å². The summed E-state index contributed by atoms with van der Waals surface area (Å²) in [5.74, 6) is 0.367. The third kappa shape index (κ3) is 2.39. The van der Waals surface area contributed by atoms with Crippen molar-refractivity contribution < 1.29 is 9.13 Å². The number of aromatic nitrogens is 1. The molecule has 0 atom stereocenters. The summed E-state index contributed by atoms with van der Waals surface area (Å²) < 4.78 is 19.1. The zero-order chi connectivity index (χ0) is 14.1. The molecule has 5 heteroatoms. The highest BCUT2D eigenvalue weighted by atomic mass is 79.9. The van der Waals surface area contributed by atoms with Gasteiger partial charge >= 0.3 is 0 Å². The first-order valence-electron chi connectivity index (χ1n) is 6.23. The van der Waals surface area contributed by atoms with Crippen molar-refractivity contribution in [3.05, 3.63) is 51.4 Å². The van der Waals surface area contributed by atoms with Crippen LogP contribution in [0.4, 0.5) is 4.39 Å². The fourth-order valence-corrected chi connectivity index (χ4v) is 2.62. The van der Waals surface area contributed by atoms with Crippen molar-refractivity contribution in [1.82, 2.24) is 4.98 Å². The van der Waals surface area contributed by atoms with Crippen LogP contribution in [0.5, 0.6) is 11.6 Å². The van der Waals surface area contributed by atoms with Crippen molar-refractivity contribution in [1.29, 1.82) is 5.26 Å². The van der Waals surface area contributed by atoms with Gasteiger partial charge in [0.25, 0.3) is 0 Å². The van der Waals surface area contributed by atoms with E-state index in [1.807, 2.05) is 6.07 Å². The van der Waals surface area contributed by atoms with E-state index in [1.54, 1.807) is 0 Å². The second-order valence-electron chi connectivity index (χ2n) is 4.59. The lowest BCUT2D eigenvalue weighted by atomic mass is 10.1. The van der Waals surface area contributed by atoms with Crippen LogP contribution in [0.2, 0.25) is 0 Å². The number of hydrogen-bond donors (Lipinski definition) is 0. The molecule has 1 aromatic heterocycles. The smallest absolute Gasteiger partial charge is 0.237 e. The Kier molecular flexibility index (Phi) is 3.41. The van der Waals surface area contributed by atoms with E-state index in [2.05, 4.69) is 27.0 Å². The fraction of sp³-hybridized carbons (Fsp3) is 0.200. The van der Waals surface area contributed by atoms with Gasteiger partial charge in [-0.25, -0.2) is 9.37 Å². The van der Waals surface area contributed by atoms with Crippen molar-refractivity contribution >= 4 is 15.9 Å². The molecular weight excluding hydrogens is 323 g/mol. The van der Waals surface area contributed by atoms with Crippen LogP contribution < -0.4 is 4.74 Å². The third-order valence-electron chi connectivity index (χ3n) is 3.24. The van der Waals surface area contributed by atoms with Gasteiger partial charge in [0.05, 0.1) is 4.47 Å². The molecule has 1 aliphatic rings. The van der Waals surface area contributed by atoms with E-state index in [0.29, 0.717) is 15.8 Å². The molecule has 0 spiro atoms. The first-order valence-corrected chi connectivity index (χ1v) is 7.02. The second kappa shape index (κ2) is 5.22. The van der Waals surface area contributed by atoms with Crippen molar-refractivity contribution in [3.8, 4) is 17.7 Å². The minimum absolute atomic E-state index is 0.284. The minimum Gasteiger partial charge on any atom is -0.438 e. The van der Waals surface area contributed by atoms with E-state index in [9.17, 15) is 9.65 Å². The van der Waals surface area contributed by atoms with Crippen LogP contribution in [-0.4, -0.2) is 4.98 Å². The maximum atomic E-state index is 13.2. The van der Waals surface area contributed by atoms with Crippen LogP contribution in [0.3, 0.4) is 0 Å². The molecule has 0 unspecified atom stereocenters. The lowest BCUT2D eigenvalue weighted by Crippen LogP contribution is -1.97. The van der Waals surface area contributed by atoms with Gasteiger partial charge in [0, 0.05) is 5.69 Å². The summed E-state index contributed by atoms with van der Waals surface area (Å²) in [5.41, 5.74) is 2.51. The Morgan fingerprint density at radius 3 is 2.90 bits per heavy atom. The molecule has 0 radical (unpaired) electrons. The highest BCUT2D eigenvalue weighted by Crippen LogP contribution is 2.30. The van der Waals surface area contributed by atoms with Crippen LogP contribution in [0.15, 0.2) is 28.7 Å². The van der Waals surface area contributed by atoms with Gasteiger partial charge in [0.1, 0.15) is 23.2 Å². The van der Waals surface area contributed by atoms with E-state index in [1.165, 1.54) is 18.2 Å². The highest BCUT2D eigenvalue weighted by molar-refractivity contribution is 9.10. The predicted octanol–water partition coefficient (Wildman–Crippen LogP) is 4.14. The number of fused-ring (bicyclic) bond motifs is 1. The van der Waals surface area contributed by atoms with Gasteiger partial charge in [-0.05, 0) is 65.0 Å². The maximum absolute atomic E-state index is 13.2. The lowest BCUT2D eigenvalue weighted by molar-refractivity contribution is 0.457. The molecule has 0 N–H and O–H groups in total. The molecule has 1 aliphatic carbocycles. The van der Waals surface area contributed by atoms with Crippen molar-refractivity contribution in [2.45, 2.75) is 19.3 Å². The standard InChI is InChI=1S/C15H10BrFN2O/c16-12-7-11(4-5-13(12)17)20-15-10(8-18)6-9-2-1-3-14(9)19-15/h4-7H,1-3H2. The third-order valence-corrected chi connectivity index (χ3v) is 3.85. The second-order valence-corrected chi connectivity index (χ2v) is 5.44. The topological polar surface area (TPSA) is 45.9 Å². The Labute approximate surface area is 124 Å². The lowest BCUT2D eigenvalue weighted by Gasteiger charge is -2.09. The van der Waals surface area contributed by atoms with Crippen molar-refractivity contribution in [2.75, 3.05) is 0 Å². The summed E-state index contributed by atoms with van der Waals surface area (Å²) >= 11 is 3.10. The molecule has 0 saturated carbocycles. The average Bonchev–Trinajstić information content (AvgIpc) is 2.89. The van der Waals surface area contributed by atoms with Crippen LogP contribution >= 0.6 is 15.9 Å². The van der Waals surface area contributed by atoms with Crippen LogP contribution in [0.1, 0.15) is 23.2 Å². The molecule has 0 amide bonds. The number of rotatable bonds is 2. The summed E-state index contributed by atoms with van der Waals surface area (Å²) in [7, 11) is 0. The quantitative estimate of drug-likeness (QED) is 0.830. The number of benzene rings is 1. The number of pyridine rings is 1. The monoisotopic (exact) mass is 332 g/mol. The van der Waals surface area contributed by atoms with Gasteiger partial charge in [-0.15, -0.1) is 0 Å². The van der Waals surface area contributed by atoms with E-state index < -0.39 is 0 Å². The Morgan fingerprint density at radius 2 is 2.15 bits per heavy atom. The molecule has 0 aliphatic heterocycles. The number of ether oxygens (including phenoxy) is 1. The number of aryl methyl sites for hydroxylation is 2. The van der Waals surface area contributed by atoms with Crippen LogP contribution in [0, 0.1) is 17.1 Å². The summed E-state index contributed by atoms with van der Waals surface area (Å²) in [5, 5.41) is 9.19. The van der Waals surface area contributed by atoms with Crippen LogP contribution in [-0.2, 0) is 12.8 Å². The van der Waals surface area contributed by atoms with Gasteiger partial charge < -0.3 is 4.74 Å². The van der Waals surface area contributed by atoms with Gasteiger partial charge in [-0.2, -0.15) is 5.26 Å². The molecule has 0 bridgehead atoms. The zero-order valence-electron chi connectivity index (χ0n) is 10.5. The van der Waals surface area contributed by atoms with Gasteiger partial charge in [-0.3, -0.25) is 0 Å². The SMILES string of the molecule is N#Cc1cc2c(nc1Oc1ccc(F)c(Br)c1)CCC2. The first kappa shape index (κ1) is 13.1. The molecule has 2 aromatic rings. The van der Waals surface area contributed by atoms with Gasteiger partial charge in [0.15, 0.2) is 0 Å². The Bertz CT molecular complexity index is 725. The molecule has 3 nitrogen and oxygen atoms in total. The number of hydrogen-bond acceptors (Lipinski definition) is 3. The normalized spacial score (nSPS) is 12.8. The average molecular weight is 333 g/mol. The zero-order valence-corrected chi connectivity index (χ0v) is 12.1. The number of nitriles is 1. The fourth-order valence-electron chi connectivity index (χ4n) is 2.26. The molecular formula is C15H10BrFN2O. The largest absolute Gasteiger partial charge is 0.438 e. The first-order chi connectivity index (χ1) is 9.67. The Balaban J connectivity index is 1.98. The molecule has 0 fully saturated rings. The minimum atomic E-state index is -0.361. The predicted molar refractivity (Wildman–Crippen MR) is 75.2 cm³/mol. The number of nitrogens with zero attached hydrogens (tertiary/aromatic N) is 2. The molecule has 1 aromatic carbocycles. The molecule has 100 valence electrons. The summed E-state index contributed by atoms with van der Waals surface area (Å²) in [6.45, 7) is 0. The summed E-state index contributed by atoms with van der Waals surface area (Å²) in [4.78, 5) is 4.42. The molecule has 0 saturated heterocycles. The van der Waals surface area contributed by atoms with E-state index in [0.717, 1.165) is 30.5 Å². The maximum Gasteiger partial charge on any atom is 0.237 e. The highest BCUT2D eigenvalue weighted by Gasteiger charge is 2.17. The Morgan fingerprint density at radius 1 is 1.30 bits per heavy atom. The molecule has 3 rings (SSSR count). The molecule has 20 heavy (non-hydrogen) atoms. The van der Waals surface area contributed by atoms with E-state index in [4.69, 9.17) is 4.74 Å². The summed E-state index contributed by atoms with van der Waals surface area (Å²) in [6, 6.07) is 8.27. The van der Waals surface area contributed by atoms with Crippen molar-refractivity contribution in [2.24, 2.45) is 0 Å². The van der Waals surface area contributed by atoms with Crippen molar-refractivity contribution in [3.63, 3.8) is 0 Å². The molecule has 1 heterocycles. The van der Waals surface area contributed by atoms with E-state index >= 15 is 0 Å². The van der Waals surface area contributed by atoms with Gasteiger partial charge in [-0.1, -0.05) is 0 Å². The van der Waals surface area contributed by atoms with E-state index in [-0.39, 0.29) is 11.7 Å². The number of halogens is 2. The van der Waals surface area contributed by atoms with Crippen LogP contribution in [0.25, 0.3) is 0 Å².